The molecule has 0 spiro atoms. The Morgan fingerprint density at radius 3 is 2.62 bits per heavy atom. The van der Waals surface area contributed by atoms with Crippen molar-refractivity contribution in [2.75, 3.05) is 45.4 Å². The maximum atomic E-state index is 6.51. The lowest BCUT2D eigenvalue weighted by molar-refractivity contribution is 0.0514. The van der Waals surface area contributed by atoms with Crippen LogP contribution in [0.1, 0.15) is 31.2 Å². The zero-order chi connectivity index (χ0) is 18.0. The minimum atomic E-state index is -0.00688. The molecule has 0 atom stereocenters. The lowest BCUT2D eigenvalue weighted by atomic mass is 9.74. The Labute approximate surface area is 184 Å². The van der Waals surface area contributed by atoms with Gasteiger partial charge in [0.1, 0.15) is 0 Å². The van der Waals surface area contributed by atoms with Crippen LogP contribution in [0.2, 0.25) is 5.02 Å². The molecule has 0 aliphatic carbocycles. The molecule has 1 aromatic rings. The molecule has 0 bridgehead atoms. The lowest BCUT2D eigenvalue weighted by Gasteiger charge is -2.38. The van der Waals surface area contributed by atoms with E-state index in [1.807, 2.05) is 30.9 Å². The summed E-state index contributed by atoms with van der Waals surface area (Å²) in [5.74, 6) is 2.07. The van der Waals surface area contributed by atoms with Crippen LogP contribution in [0.25, 0.3) is 0 Å². The van der Waals surface area contributed by atoms with Crippen LogP contribution in [-0.2, 0) is 10.2 Å². The Balaban J connectivity index is 0.00000338. The first-order valence-electron chi connectivity index (χ1n) is 8.98. The first kappa shape index (κ1) is 23.9. The molecule has 0 radical (unpaired) electrons. The highest BCUT2D eigenvalue weighted by Gasteiger charge is 2.36. The van der Waals surface area contributed by atoms with E-state index >= 15 is 0 Å². The summed E-state index contributed by atoms with van der Waals surface area (Å²) < 4.78 is 5.60. The summed E-state index contributed by atoms with van der Waals surface area (Å²) >= 11 is 8.41. The van der Waals surface area contributed by atoms with E-state index in [1.165, 1.54) is 17.7 Å². The Kier molecular flexibility index (Phi) is 12.0. The zero-order valence-electron chi connectivity index (χ0n) is 15.7. The first-order valence-corrected chi connectivity index (χ1v) is 10.8. The standard InChI is InChI=1S/C19H30ClN3OS.HI/c1-21-18(22-11-5-6-14-25-2)23-15-19(9-12-24-13-10-19)16-7-3-4-8-17(16)20;/h3-4,7-8H,5-6,9-15H2,1-2H3,(H2,21,22,23);1H. The molecule has 1 saturated heterocycles. The van der Waals surface area contributed by atoms with E-state index in [1.54, 1.807) is 0 Å². The van der Waals surface area contributed by atoms with Crippen LogP contribution in [0.4, 0.5) is 0 Å². The highest BCUT2D eigenvalue weighted by molar-refractivity contribution is 14.0. The van der Waals surface area contributed by atoms with E-state index in [0.29, 0.717) is 0 Å². The molecule has 4 nitrogen and oxygen atoms in total. The third kappa shape index (κ3) is 7.09. The quantitative estimate of drug-likeness (QED) is 0.236. The second-order valence-corrected chi connectivity index (χ2v) is 7.82. The predicted molar refractivity (Wildman–Crippen MR) is 126 cm³/mol. The van der Waals surface area contributed by atoms with Crippen LogP contribution in [0.5, 0.6) is 0 Å². The van der Waals surface area contributed by atoms with Crippen molar-refractivity contribution in [1.29, 1.82) is 0 Å². The monoisotopic (exact) mass is 511 g/mol. The molecule has 7 heteroatoms. The maximum Gasteiger partial charge on any atom is 0.191 e. The number of halogens is 2. The summed E-state index contributed by atoms with van der Waals surface area (Å²) in [6.45, 7) is 3.30. The van der Waals surface area contributed by atoms with Gasteiger partial charge in [0.05, 0.1) is 0 Å². The molecule has 0 aromatic heterocycles. The van der Waals surface area contributed by atoms with E-state index < -0.39 is 0 Å². The first-order chi connectivity index (χ1) is 12.2. The van der Waals surface area contributed by atoms with Crippen molar-refractivity contribution in [3.63, 3.8) is 0 Å². The lowest BCUT2D eigenvalue weighted by Crippen LogP contribution is -2.48. The third-order valence-electron chi connectivity index (χ3n) is 4.78. The molecular formula is C19H31ClIN3OS. The Hall–Kier alpha value is -0.180. The topological polar surface area (TPSA) is 45.7 Å². The highest BCUT2D eigenvalue weighted by Crippen LogP contribution is 2.38. The maximum absolute atomic E-state index is 6.51. The van der Waals surface area contributed by atoms with E-state index in [4.69, 9.17) is 16.3 Å². The summed E-state index contributed by atoms with van der Waals surface area (Å²) in [6.07, 6.45) is 6.47. The van der Waals surface area contributed by atoms with Gasteiger partial charge in [0.15, 0.2) is 5.96 Å². The predicted octanol–water partition coefficient (Wildman–Crippen LogP) is 4.31. The van der Waals surface area contributed by atoms with Crippen molar-refractivity contribution in [1.82, 2.24) is 10.6 Å². The van der Waals surface area contributed by atoms with Gasteiger partial charge in [0.2, 0.25) is 0 Å². The van der Waals surface area contributed by atoms with Crippen LogP contribution in [0.15, 0.2) is 29.3 Å². The summed E-state index contributed by atoms with van der Waals surface area (Å²) in [4.78, 5) is 4.36. The van der Waals surface area contributed by atoms with Crippen LogP contribution in [0.3, 0.4) is 0 Å². The fourth-order valence-electron chi connectivity index (χ4n) is 3.25. The van der Waals surface area contributed by atoms with Crippen molar-refractivity contribution in [2.24, 2.45) is 4.99 Å². The molecule has 0 amide bonds. The molecule has 1 aliphatic rings. The van der Waals surface area contributed by atoms with Gasteiger partial charge in [0.25, 0.3) is 0 Å². The van der Waals surface area contributed by atoms with Crippen molar-refractivity contribution in [3.8, 4) is 0 Å². The minimum Gasteiger partial charge on any atom is -0.381 e. The van der Waals surface area contributed by atoms with Crippen LogP contribution in [-0.4, -0.2) is 51.3 Å². The van der Waals surface area contributed by atoms with Gasteiger partial charge in [-0.3, -0.25) is 4.99 Å². The van der Waals surface area contributed by atoms with Gasteiger partial charge in [-0.05, 0) is 49.3 Å². The average Bonchev–Trinajstić information content (AvgIpc) is 2.65. The summed E-state index contributed by atoms with van der Waals surface area (Å²) in [6, 6.07) is 8.18. The number of thioether (sulfide) groups is 1. The molecule has 1 heterocycles. The van der Waals surface area contributed by atoms with Gasteiger partial charge in [-0.1, -0.05) is 29.8 Å². The second kappa shape index (κ2) is 13.1. The number of benzene rings is 1. The second-order valence-electron chi connectivity index (χ2n) is 6.42. The van der Waals surface area contributed by atoms with Gasteiger partial charge in [-0.15, -0.1) is 24.0 Å². The van der Waals surface area contributed by atoms with Crippen molar-refractivity contribution < 1.29 is 4.74 Å². The summed E-state index contributed by atoms with van der Waals surface area (Å²) in [7, 11) is 1.82. The fourth-order valence-corrected chi connectivity index (χ4v) is 4.08. The number of unbranched alkanes of at least 4 members (excludes halogenated alkanes) is 1. The van der Waals surface area contributed by atoms with Gasteiger partial charge in [-0.25, -0.2) is 0 Å². The Bertz CT molecular complexity index is 553. The minimum absolute atomic E-state index is 0. The molecule has 26 heavy (non-hydrogen) atoms. The van der Waals surface area contributed by atoms with Gasteiger partial charge in [-0.2, -0.15) is 11.8 Å². The van der Waals surface area contributed by atoms with E-state index in [2.05, 4.69) is 34.0 Å². The van der Waals surface area contributed by atoms with Crippen molar-refractivity contribution in [2.45, 2.75) is 31.1 Å². The molecule has 0 saturated carbocycles. The zero-order valence-corrected chi connectivity index (χ0v) is 19.6. The number of hydrogen-bond acceptors (Lipinski definition) is 3. The largest absolute Gasteiger partial charge is 0.381 e. The molecule has 1 fully saturated rings. The number of hydrogen-bond donors (Lipinski definition) is 2. The Morgan fingerprint density at radius 2 is 1.96 bits per heavy atom. The van der Waals surface area contributed by atoms with Crippen LogP contribution >= 0.6 is 47.3 Å². The summed E-state index contributed by atoms with van der Waals surface area (Å²) in [5, 5.41) is 7.77. The molecule has 2 rings (SSSR count). The highest BCUT2D eigenvalue weighted by atomic mass is 127. The SMILES string of the molecule is CN=C(NCCCCSC)NCC1(c2ccccc2Cl)CCOCC1.I. The Morgan fingerprint density at radius 1 is 1.23 bits per heavy atom. The number of nitrogens with zero attached hydrogens (tertiary/aromatic N) is 1. The van der Waals surface area contributed by atoms with Crippen LogP contribution in [0, 0.1) is 0 Å². The number of rotatable bonds is 8. The molecule has 1 aromatic carbocycles. The smallest absolute Gasteiger partial charge is 0.191 e. The average molecular weight is 512 g/mol. The number of ether oxygens (including phenoxy) is 1. The van der Waals surface area contributed by atoms with E-state index in [-0.39, 0.29) is 29.4 Å². The van der Waals surface area contributed by atoms with Crippen LogP contribution < -0.4 is 10.6 Å². The number of guanidine groups is 1. The number of nitrogens with one attached hydrogen (secondary N) is 2. The molecule has 0 unspecified atom stereocenters. The van der Waals surface area contributed by atoms with Gasteiger partial charge < -0.3 is 15.4 Å². The van der Waals surface area contributed by atoms with Gasteiger partial charge >= 0.3 is 0 Å². The van der Waals surface area contributed by atoms with Crippen molar-refractivity contribution >= 4 is 53.3 Å². The summed E-state index contributed by atoms with van der Waals surface area (Å²) in [5.41, 5.74) is 1.20. The van der Waals surface area contributed by atoms with Crippen molar-refractivity contribution in [3.05, 3.63) is 34.9 Å². The van der Waals surface area contributed by atoms with E-state index in [0.717, 1.165) is 56.5 Å². The van der Waals surface area contributed by atoms with E-state index in [9.17, 15) is 0 Å². The third-order valence-corrected chi connectivity index (χ3v) is 5.81. The fraction of sp³-hybridized carbons (Fsp3) is 0.632. The molecule has 148 valence electrons. The normalized spacial score (nSPS) is 16.7. The molecule has 1 aliphatic heterocycles. The molecule has 2 N–H and O–H groups in total. The molecular weight excluding hydrogens is 481 g/mol. The number of aliphatic imine (C=N–C) groups is 1. The van der Waals surface area contributed by atoms with Gasteiger partial charge in [0, 0.05) is 43.8 Å².